The second-order valence-corrected chi connectivity index (χ2v) is 6.69. The van der Waals surface area contributed by atoms with Gasteiger partial charge < -0.3 is 15.4 Å². The number of benzene rings is 2. The Balaban J connectivity index is 1.89. The zero-order chi connectivity index (χ0) is 21.4. The van der Waals surface area contributed by atoms with Crippen LogP contribution < -0.4 is 15.4 Å². The first-order valence-corrected chi connectivity index (χ1v) is 9.01. The fraction of sp³-hybridized carbons (Fsp3) is 0.333. The minimum Gasteiger partial charge on any atom is -0.484 e. The molecule has 0 saturated carbocycles. The number of ether oxygens (including phenoxy) is 1. The maximum Gasteiger partial charge on any atom is 0.422 e. The van der Waals surface area contributed by atoms with Gasteiger partial charge in [0.2, 0.25) is 11.8 Å². The number of alkyl halides is 3. The molecule has 1 unspecified atom stereocenters. The Hall–Kier alpha value is -3.03. The summed E-state index contributed by atoms with van der Waals surface area (Å²) in [7, 11) is 0. The van der Waals surface area contributed by atoms with Crippen molar-refractivity contribution >= 4 is 11.8 Å². The van der Waals surface area contributed by atoms with Gasteiger partial charge in [-0.05, 0) is 30.2 Å². The number of carbonyl (C=O) groups is 2. The number of amides is 2. The van der Waals surface area contributed by atoms with Crippen LogP contribution in [0.15, 0.2) is 48.5 Å². The summed E-state index contributed by atoms with van der Waals surface area (Å²) in [5, 5.41) is 5.52. The van der Waals surface area contributed by atoms with Crippen LogP contribution in [0.25, 0.3) is 0 Å². The van der Waals surface area contributed by atoms with Gasteiger partial charge in [0.05, 0.1) is 12.5 Å². The lowest BCUT2D eigenvalue weighted by Gasteiger charge is -2.18. The van der Waals surface area contributed by atoms with Crippen LogP contribution in [-0.2, 0) is 16.1 Å². The largest absolute Gasteiger partial charge is 0.484 e. The minimum atomic E-state index is -4.39. The van der Waals surface area contributed by atoms with Crippen molar-refractivity contribution in [3.63, 3.8) is 0 Å². The van der Waals surface area contributed by atoms with Crippen molar-refractivity contribution in [3.05, 3.63) is 65.2 Å². The van der Waals surface area contributed by atoms with Gasteiger partial charge in [-0.3, -0.25) is 9.59 Å². The van der Waals surface area contributed by atoms with Gasteiger partial charge in [0.15, 0.2) is 6.61 Å². The van der Waals surface area contributed by atoms with E-state index in [-0.39, 0.29) is 30.5 Å². The fourth-order valence-electron chi connectivity index (χ4n) is 2.62. The summed E-state index contributed by atoms with van der Waals surface area (Å²) in [6.07, 6.45) is -4.33. The number of halogens is 3. The van der Waals surface area contributed by atoms with Crippen molar-refractivity contribution in [2.75, 3.05) is 6.61 Å². The zero-order valence-corrected chi connectivity index (χ0v) is 16.2. The Morgan fingerprint density at radius 3 is 2.21 bits per heavy atom. The molecule has 0 heterocycles. The van der Waals surface area contributed by atoms with Crippen LogP contribution in [0, 0.1) is 6.92 Å². The number of hydrogen-bond acceptors (Lipinski definition) is 3. The van der Waals surface area contributed by atoms with Gasteiger partial charge in [0.25, 0.3) is 0 Å². The van der Waals surface area contributed by atoms with Crippen LogP contribution in [-0.4, -0.2) is 24.6 Å². The molecule has 0 radical (unpaired) electrons. The molecule has 156 valence electrons. The van der Waals surface area contributed by atoms with Crippen LogP contribution in [0.3, 0.4) is 0 Å². The molecule has 1 atom stereocenters. The lowest BCUT2D eigenvalue weighted by molar-refractivity contribution is -0.153. The second-order valence-electron chi connectivity index (χ2n) is 6.69. The minimum absolute atomic E-state index is 0.0649. The van der Waals surface area contributed by atoms with E-state index in [4.69, 9.17) is 0 Å². The van der Waals surface area contributed by atoms with E-state index >= 15 is 0 Å². The Labute approximate surface area is 167 Å². The highest BCUT2D eigenvalue weighted by molar-refractivity contribution is 5.79. The summed E-state index contributed by atoms with van der Waals surface area (Å²) >= 11 is 0. The third-order valence-corrected chi connectivity index (χ3v) is 4.06. The van der Waals surface area contributed by atoms with Crippen molar-refractivity contribution in [2.45, 2.75) is 39.0 Å². The van der Waals surface area contributed by atoms with Crippen molar-refractivity contribution in [2.24, 2.45) is 0 Å². The third kappa shape index (κ3) is 8.25. The topological polar surface area (TPSA) is 67.4 Å². The van der Waals surface area contributed by atoms with Crippen LogP contribution >= 0.6 is 0 Å². The molecule has 0 bridgehead atoms. The first-order valence-electron chi connectivity index (χ1n) is 9.01. The molecule has 0 aliphatic heterocycles. The number of nitrogens with one attached hydrogen (secondary N) is 2. The van der Waals surface area contributed by atoms with E-state index in [0.29, 0.717) is 5.56 Å². The molecule has 29 heavy (non-hydrogen) atoms. The molecule has 0 spiro atoms. The summed E-state index contributed by atoms with van der Waals surface area (Å²) in [4.78, 5) is 23.8. The van der Waals surface area contributed by atoms with E-state index in [1.807, 2.05) is 31.2 Å². The summed E-state index contributed by atoms with van der Waals surface area (Å²) in [5.74, 6) is -0.401. The number of carbonyl (C=O) groups excluding carboxylic acids is 2. The van der Waals surface area contributed by atoms with Crippen molar-refractivity contribution in [1.29, 1.82) is 0 Å². The first-order chi connectivity index (χ1) is 13.6. The molecule has 2 N–H and O–H groups in total. The average Bonchev–Trinajstić information content (AvgIpc) is 2.65. The van der Waals surface area contributed by atoms with Gasteiger partial charge in [-0.15, -0.1) is 0 Å². The Morgan fingerprint density at radius 1 is 1.03 bits per heavy atom. The number of aryl methyl sites for hydroxylation is 1. The molecule has 5 nitrogen and oxygen atoms in total. The van der Waals surface area contributed by atoms with Crippen molar-refractivity contribution < 1.29 is 27.5 Å². The maximum absolute atomic E-state index is 12.3. The average molecular weight is 408 g/mol. The molecule has 2 aromatic rings. The second kappa shape index (κ2) is 9.95. The Bertz CT molecular complexity index is 819. The monoisotopic (exact) mass is 408 g/mol. The molecule has 0 aliphatic rings. The molecule has 2 amide bonds. The molecule has 0 aliphatic carbocycles. The van der Waals surface area contributed by atoms with Gasteiger partial charge in [0, 0.05) is 13.5 Å². The van der Waals surface area contributed by atoms with Crippen LogP contribution in [0.4, 0.5) is 13.2 Å². The molecule has 0 saturated heterocycles. The summed E-state index contributed by atoms with van der Waals surface area (Å²) < 4.78 is 41.1. The van der Waals surface area contributed by atoms with Crippen molar-refractivity contribution in [3.8, 4) is 5.75 Å². The Morgan fingerprint density at radius 2 is 1.66 bits per heavy atom. The van der Waals surface area contributed by atoms with Gasteiger partial charge in [-0.1, -0.05) is 42.0 Å². The van der Waals surface area contributed by atoms with E-state index in [2.05, 4.69) is 15.4 Å². The fourth-order valence-corrected chi connectivity index (χ4v) is 2.62. The van der Waals surface area contributed by atoms with E-state index in [0.717, 1.165) is 11.1 Å². The van der Waals surface area contributed by atoms with Crippen LogP contribution in [0.2, 0.25) is 0 Å². The van der Waals surface area contributed by atoms with E-state index in [9.17, 15) is 22.8 Å². The van der Waals surface area contributed by atoms with Gasteiger partial charge in [0.1, 0.15) is 5.75 Å². The summed E-state index contributed by atoms with van der Waals surface area (Å²) in [6, 6.07) is 13.1. The molecule has 8 heteroatoms. The van der Waals surface area contributed by atoms with E-state index < -0.39 is 18.8 Å². The maximum atomic E-state index is 12.3. The van der Waals surface area contributed by atoms with E-state index in [1.54, 1.807) is 12.1 Å². The normalized spacial score (nSPS) is 12.2. The Kier molecular flexibility index (Phi) is 7.64. The quantitative estimate of drug-likeness (QED) is 0.698. The molecular formula is C21H23F3N2O3. The number of rotatable bonds is 8. The number of hydrogen-bond donors (Lipinski definition) is 2. The SMILES string of the molecule is CC(=O)NC(CC(=O)NCc1ccc(OCC(F)(F)F)cc1)c1ccc(C)cc1. The standard InChI is InChI=1S/C21H23F3N2O3/c1-14-3-7-17(8-4-14)19(26-15(2)27)11-20(28)25-12-16-5-9-18(10-6-16)29-13-21(22,23)24/h3-10,19H,11-13H2,1-2H3,(H,25,28)(H,26,27). The lowest BCUT2D eigenvalue weighted by Crippen LogP contribution is -2.32. The van der Waals surface area contributed by atoms with Gasteiger partial charge in [-0.25, -0.2) is 0 Å². The zero-order valence-electron chi connectivity index (χ0n) is 16.2. The predicted molar refractivity (Wildman–Crippen MR) is 102 cm³/mol. The molecular weight excluding hydrogens is 385 g/mol. The summed E-state index contributed by atoms with van der Waals surface area (Å²) in [5.41, 5.74) is 2.61. The highest BCUT2D eigenvalue weighted by Gasteiger charge is 2.28. The van der Waals surface area contributed by atoms with Gasteiger partial charge >= 0.3 is 6.18 Å². The summed E-state index contributed by atoms with van der Waals surface area (Å²) in [6.45, 7) is 2.19. The highest BCUT2D eigenvalue weighted by Crippen LogP contribution is 2.20. The first kappa shape index (κ1) is 22.3. The van der Waals surface area contributed by atoms with Crippen LogP contribution in [0.5, 0.6) is 5.75 Å². The van der Waals surface area contributed by atoms with E-state index in [1.165, 1.54) is 19.1 Å². The smallest absolute Gasteiger partial charge is 0.422 e. The predicted octanol–water partition coefficient (Wildman–Crippen LogP) is 3.82. The molecule has 0 aromatic heterocycles. The molecule has 0 fully saturated rings. The molecule has 2 aromatic carbocycles. The van der Waals surface area contributed by atoms with Gasteiger partial charge in [-0.2, -0.15) is 13.2 Å². The van der Waals surface area contributed by atoms with Crippen molar-refractivity contribution in [1.82, 2.24) is 10.6 Å². The third-order valence-electron chi connectivity index (χ3n) is 4.06. The van der Waals surface area contributed by atoms with Crippen LogP contribution in [0.1, 0.15) is 36.1 Å². The highest BCUT2D eigenvalue weighted by atomic mass is 19.4. The lowest BCUT2D eigenvalue weighted by atomic mass is 10.0. The molecule has 2 rings (SSSR count).